The molecule has 0 spiro atoms. The van der Waals surface area contributed by atoms with Gasteiger partial charge in [0.1, 0.15) is 6.10 Å². The van der Waals surface area contributed by atoms with Crippen molar-refractivity contribution in [3.63, 3.8) is 0 Å². The van der Waals surface area contributed by atoms with Gasteiger partial charge < -0.3 is 9.84 Å². The molecule has 4 heteroatoms. The van der Waals surface area contributed by atoms with Crippen LogP contribution in [0.2, 0.25) is 0 Å². The molecule has 4 nitrogen and oxygen atoms in total. The number of aliphatic hydroxyl groups excluding tert-OH is 1. The number of carbonyl (C=O) groups is 2. The van der Waals surface area contributed by atoms with Crippen molar-refractivity contribution in [3.8, 4) is 0 Å². The second-order valence-corrected chi connectivity index (χ2v) is 9.46. The van der Waals surface area contributed by atoms with E-state index in [9.17, 15) is 14.7 Å². The highest BCUT2D eigenvalue weighted by Gasteiger charge is 2.44. The number of Topliss-reactive ketones (excluding diaryl/α,β-unsaturated/α-hetero) is 1. The second-order valence-electron chi connectivity index (χ2n) is 9.46. The van der Waals surface area contributed by atoms with Gasteiger partial charge in [-0.1, -0.05) is 32.8 Å². The Labute approximate surface area is 170 Å². The van der Waals surface area contributed by atoms with E-state index in [0.717, 1.165) is 43.1 Å². The first-order chi connectivity index (χ1) is 13.4. The molecule has 2 fully saturated rings. The molecule has 0 aliphatic heterocycles. The molecule has 3 aliphatic rings. The predicted octanol–water partition coefficient (Wildman–Crippen LogP) is 4.84. The number of fused-ring (bicyclic) bond motifs is 3. The first kappa shape index (κ1) is 21.5. The summed E-state index contributed by atoms with van der Waals surface area (Å²) in [6.45, 7) is 5.30. The fourth-order valence-electron chi connectivity index (χ4n) is 6.02. The Morgan fingerprint density at radius 2 is 1.93 bits per heavy atom. The van der Waals surface area contributed by atoms with Crippen molar-refractivity contribution in [3.05, 3.63) is 11.6 Å². The van der Waals surface area contributed by atoms with Gasteiger partial charge in [0.25, 0.3) is 0 Å². The Bertz CT molecular complexity index is 595. The lowest BCUT2D eigenvalue weighted by molar-refractivity contribution is -0.146. The number of esters is 1. The highest BCUT2D eigenvalue weighted by molar-refractivity contribution is 5.97. The van der Waals surface area contributed by atoms with E-state index in [0.29, 0.717) is 18.3 Å². The third kappa shape index (κ3) is 4.87. The molecule has 0 radical (unpaired) electrons. The Balaban J connectivity index is 1.50. The highest BCUT2D eigenvalue weighted by atomic mass is 16.5. The highest BCUT2D eigenvalue weighted by Crippen LogP contribution is 2.53. The summed E-state index contributed by atoms with van der Waals surface area (Å²) >= 11 is 0. The maximum Gasteiger partial charge on any atom is 0.302 e. The monoisotopic (exact) mass is 390 g/mol. The van der Waals surface area contributed by atoms with Gasteiger partial charge in [-0.25, -0.2) is 0 Å². The van der Waals surface area contributed by atoms with Crippen LogP contribution in [0.25, 0.3) is 0 Å². The van der Waals surface area contributed by atoms with Crippen LogP contribution >= 0.6 is 0 Å². The van der Waals surface area contributed by atoms with Crippen LogP contribution in [0.4, 0.5) is 0 Å². The summed E-state index contributed by atoms with van der Waals surface area (Å²) in [4.78, 5) is 24.1. The normalized spacial score (nSPS) is 32.1. The molecule has 0 heterocycles. The number of ether oxygens (including phenoxy) is 1. The number of rotatable bonds is 9. The number of ketones is 1. The predicted molar refractivity (Wildman–Crippen MR) is 110 cm³/mol. The minimum atomic E-state index is -0.620. The molecule has 0 amide bonds. The topological polar surface area (TPSA) is 63.6 Å². The standard InChI is InChI=1S/C24H38O4/c1-4-20(28-16(3)25)8-6-10-23(26)15(2)24(27)19-13-18-12-11-17-7-5-9-21(17)22(18)14-19/h14-15,17-18,20-23,26H,4-13H2,1-3H3/t15-,17+,18+,20+,21-,22-,23+/m1/s1. The SMILES string of the molecule is CC[C@@H](CCC[C@H](O)[C@@H](C)C(=O)C1=C[C@@H]2[C@@H](CC[C@@H]3CCC[C@H]32)C1)OC(C)=O. The molecule has 0 bridgehead atoms. The summed E-state index contributed by atoms with van der Waals surface area (Å²) in [5.41, 5.74) is 0.987. The molecule has 0 aromatic heterocycles. The summed E-state index contributed by atoms with van der Waals surface area (Å²) in [7, 11) is 0. The van der Waals surface area contributed by atoms with Crippen LogP contribution in [0, 0.1) is 29.6 Å². The van der Waals surface area contributed by atoms with E-state index in [1.165, 1.54) is 39.0 Å². The average Bonchev–Trinajstić information content (AvgIpc) is 3.31. The lowest BCUT2D eigenvalue weighted by Crippen LogP contribution is -2.28. The quantitative estimate of drug-likeness (QED) is 0.572. The second kappa shape index (κ2) is 9.56. The van der Waals surface area contributed by atoms with Gasteiger partial charge >= 0.3 is 5.97 Å². The van der Waals surface area contributed by atoms with E-state index in [2.05, 4.69) is 6.08 Å². The maximum absolute atomic E-state index is 13.0. The maximum atomic E-state index is 13.0. The van der Waals surface area contributed by atoms with Gasteiger partial charge in [-0.15, -0.1) is 0 Å². The van der Waals surface area contributed by atoms with Crippen molar-refractivity contribution >= 4 is 11.8 Å². The van der Waals surface area contributed by atoms with E-state index in [4.69, 9.17) is 4.74 Å². The zero-order valence-electron chi connectivity index (χ0n) is 17.9. The van der Waals surface area contributed by atoms with Crippen molar-refractivity contribution in [1.82, 2.24) is 0 Å². The Morgan fingerprint density at radius 3 is 2.64 bits per heavy atom. The molecule has 0 unspecified atom stereocenters. The van der Waals surface area contributed by atoms with Gasteiger partial charge in [-0.3, -0.25) is 9.59 Å². The number of allylic oxidation sites excluding steroid dienone is 2. The number of hydrogen-bond donors (Lipinski definition) is 1. The lowest BCUT2D eigenvalue weighted by Gasteiger charge is -2.35. The third-order valence-electron chi connectivity index (χ3n) is 7.66. The molecule has 7 atom stereocenters. The summed E-state index contributed by atoms with van der Waals surface area (Å²) in [6, 6.07) is 0. The minimum Gasteiger partial charge on any atom is -0.463 e. The Morgan fingerprint density at radius 1 is 1.18 bits per heavy atom. The van der Waals surface area contributed by atoms with Crippen LogP contribution in [0.1, 0.15) is 85.0 Å². The van der Waals surface area contributed by atoms with E-state index < -0.39 is 6.10 Å². The molecular weight excluding hydrogens is 352 g/mol. The van der Waals surface area contributed by atoms with E-state index in [-0.39, 0.29) is 23.8 Å². The van der Waals surface area contributed by atoms with Crippen LogP contribution in [0.5, 0.6) is 0 Å². The van der Waals surface area contributed by atoms with Gasteiger partial charge in [-0.2, -0.15) is 0 Å². The van der Waals surface area contributed by atoms with Crippen LogP contribution < -0.4 is 0 Å². The fourth-order valence-corrected chi connectivity index (χ4v) is 6.02. The van der Waals surface area contributed by atoms with Gasteiger partial charge in [0, 0.05) is 12.8 Å². The molecular formula is C24H38O4. The van der Waals surface area contributed by atoms with Gasteiger partial charge in [0.2, 0.25) is 0 Å². The fraction of sp³-hybridized carbons (Fsp3) is 0.833. The first-order valence-corrected chi connectivity index (χ1v) is 11.5. The number of carbonyl (C=O) groups excluding carboxylic acids is 2. The van der Waals surface area contributed by atoms with Crippen molar-refractivity contribution in [1.29, 1.82) is 0 Å². The molecule has 0 aromatic rings. The largest absolute Gasteiger partial charge is 0.463 e. The molecule has 0 aromatic carbocycles. The van der Waals surface area contributed by atoms with Crippen molar-refractivity contribution in [2.45, 2.75) is 97.2 Å². The summed E-state index contributed by atoms with van der Waals surface area (Å²) in [5, 5.41) is 10.6. The Hall–Kier alpha value is -1.16. The summed E-state index contributed by atoms with van der Waals surface area (Å²) < 4.78 is 5.26. The van der Waals surface area contributed by atoms with Gasteiger partial charge in [-0.05, 0) is 80.6 Å². The number of hydrogen-bond acceptors (Lipinski definition) is 4. The van der Waals surface area contributed by atoms with E-state index in [1.54, 1.807) is 0 Å². The molecule has 0 saturated heterocycles. The summed E-state index contributed by atoms with van der Waals surface area (Å²) in [5.74, 6) is 2.52. The first-order valence-electron chi connectivity index (χ1n) is 11.5. The van der Waals surface area contributed by atoms with Crippen LogP contribution in [-0.2, 0) is 14.3 Å². The smallest absolute Gasteiger partial charge is 0.302 e. The zero-order valence-corrected chi connectivity index (χ0v) is 17.9. The molecule has 158 valence electrons. The van der Waals surface area contributed by atoms with Crippen LogP contribution in [0.15, 0.2) is 11.6 Å². The van der Waals surface area contributed by atoms with Crippen LogP contribution in [-0.4, -0.2) is 29.1 Å². The van der Waals surface area contributed by atoms with Crippen molar-refractivity contribution in [2.75, 3.05) is 0 Å². The molecule has 1 N–H and O–H groups in total. The average molecular weight is 391 g/mol. The third-order valence-corrected chi connectivity index (χ3v) is 7.66. The van der Waals surface area contributed by atoms with Crippen molar-refractivity contribution < 1.29 is 19.4 Å². The molecule has 3 aliphatic carbocycles. The number of aliphatic hydroxyl groups is 1. The molecule has 2 saturated carbocycles. The van der Waals surface area contributed by atoms with E-state index >= 15 is 0 Å². The van der Waals surface area contributed by atoms with Gasteiger partial charge in [0.15, 0.2) is 5.78 Å². The van der Waals surface area contributed by atoms with Gasteiger partial charge in [0.05, 0.1) is 6.10 Å². The van der Waals surface area contributed by atoms with Crippen LogP contribution in [0.3, 0.4) is 0 Å². The zero-order chi connectivity index (χ0) is 20.3. The van der Waals surface area contributed by atoms with Crippen molar-refractivity contribution in [2.24, 2.45) is 29.6 Å². The Kier molecular flexibility index (Phi) is 7.36. The lowest BCUT2D eigenvalue weighted by atomic mass is 9.69. The molecule has 28 heavy (non-hydrogen) atoms. The summed E-state index contributed by atoms with van der Waals surface area (Å²) in [6.07, 6.45) is 12.1. The molecule has 3 rings (SSSR count). The van der Waals surface area contributed by atoms with E-state index in [1.807, 2.05) is 13.8 Å². The minimum absolute atomic E-state index is 0.0873.